The Kier molecular flexibility index (Phi) is 6.33. The number of para-hydroxylation sites is 2. The van der Waals surface area contributed by atoms with Crippen molar-refractivity contribution < 1.29 is 4.79 Å². The van der Waals surface area contributed by atoms with Crippen LogP contribution in [0.15, 0.2) is 42.7 Å². The maximum Gasteiger partial charge on any atom is 0.220 e. The summed E-state index contributed by atoms with van der Waals surface area (Å²) < 4.78 is 3.94. The standard InChI is InChI=1S/C19H25N5OS/c1-23-17-8-4-3-7-15(17)22-19(23)16(10-14-26-2)21-18(25)9-5-12-24-13-6-11-20-24/h3-4,6-8,11,13,16H,5,9-10,12,14H2,1-2H3,(H,21,25)/t16-/m1/s1. The van der Waals surface area contributed by atoms with Crippen LogP contribution in [0.4, 0.5) is 0 Å². The van der Waals surface area contributed by atoms with E-state index in [2.05, 4.69) is 27.3 Å². The zero-order valence-corrected chi connectivity index (χ0v) is 16.1. The van der Waals surface area contributed by atoms with Crippen LogP contribution in [0.3, 0.4) is 0 Å². The number of nitrogens with zero attached hydrogens (tertiary/aromatic N) is 4. The largest absolute Gasteiger partial charge is 0.346 e. The summed E-state index contributed by atoms with van der Waals surface area (Å²) in [6.07, 6.45) is 7.87. The van der Waals surface area contributed by atoms with Crippen LogP contribution in [0, 0.1) is 0 Å². The molecule has 7 heteroatoms. The molecule has 0 aliphatic heterocycles. The van der Waals surface area contributed by atoms with Gasteiger partial charge in [-0.05, 0) is 43.0 Å². The fraction of sp³-hybridized carbons (Fsp3) is 0.421. The summed E-state index contributed by atoms with van der Waals surface area (Å²) in [5, 5.41) is 7.35. The smallest absolute Gasteiger partial charge is 0.220 e. The molecule has 6 nitrogen and oxygen atoms in total. The number of benzene rings is 1. The van der Waals surface area contributed by atoms with Crippen LogP contribution in [0.1, 0.15) is 31.1 Å². The summed E-state index contributed by atoms with van der Waals surface area (Å²) in [4.78, 5) is 17.2. The second kappa shape index (κ2) is 8.89. The van der Waals surface area contributed by atoms with Crippen LogP contribution in [0.5, 0.6) is 0 Å². The fourth-order valence-electron chi connectivity index (χ4n) is 3.08. The van der Waals surface area contributed by atoms with Gasteiger partial charge in [0.05, 0.1) is 17.1 Å². The third kappa shape index (κ3) is 4.46. The Hall–Kier alpha value is -2.28. The lowest BCUT2D eigenvalue weighted by atomic mass is 10.2. The van der Waals surface area contributed by atoms with Gasteiger partial charge in [0.1, 0.15) is 5.82 Å². The van der Waals surface area contributed by atoms with Crippen molar-refractivity contribution in [3.05, 3.63) is 48.5 Å². The molecule has 138 valence electrons. The maximum absolute atomic E-state index is 12.5. The molecule has 1 atom stereocenters. The predicted molar refractivity (Wildman–Crippen MR) is 106 cm³/mol. The summed E-state index contributed by atoms with van der Waals surface area (Å²) in [6.45, 7) is 0.752. The number of hydrogen-bond donors (Lipinski definition) is 1. The Morgan fingerprint density at radius 2 is 2.15 bits per heavy atom. The van der Waals surface area contributed by atoms with Gasteiger partial charge in [-0.2, -0.15) is 16.9 Å². The molecule has 2 aromatic heterocycles. The highest BCUT2D eigenvalue weighted by molar-refractivity contribution is 7.98. The number of carbonyl (C=O) groups excluding carboxylic acids is 1. The minimum Gasteiger partial charge on any atom is -0.346 e. The molecule has 0 fully saturated rings. The van der Waals surface area contributed by atoms with Crippen molar-refractivity contribution in [2.24, 2.45) is 7.05 Å². The molecule has 0 bridgehead atoms. The Balaban J connectivity index is 1.66. The average molecular weight is 372 g/mol. The lowest BCUT2D eigenvalue weighted by molar-refractivity contribution is -0.122. The number of aromatic nitrogens is 4. The number of carbonyl (C=O) groups is 1. The van der Waals surface area contributed by atoms with Gasteiger partial charge >= 0.3 is 0 Å². The first-order valence-electron chi connectivity index (χ1n) is 8.86. The normalized spacial score (nSPS) is 12.4. The molecule has 0 spiro atoms. The lowest BCUT2D eigenvalue weighted by Crippen LogP contribution is -2.30. The monoisotopic (exact) mass is 371 g/mol. The maximum atomic E-state index is 12.5. The topological polar surface area (TPSA) is 64.7 Å². The number of nitrogens with one attached hydrogen (secondary N) is 1. The van der Waals surface area contributed by atoms with E-state index in [-0.39, 0.29) is 11.9 Å². The molecular weight excluding hydrogens is 346 g/mol. The minimum atomic E-state index is -0.0722. The molecule has 1 aromatic carbocycles. The van der Waals surface area contributed by atoms with Crippen LogP contribution in [0.2, 0.25) is 0 Å². The lowest BCUT2D eigenvalue weighted by Gasteiger charge is -2.18. The van der Waals surface area contributed by atoms with Crippen molar-refractivity contribution in [3.63, 3.8) is 0 Å². The first-order valence-corrected chi connectivity index (χ1v) is 10.3. The van der Waals surface area contributed by atoms with Gasteiger partial charge in [-0.25, -0.2) is 4.98 Å². The Labute approximate surface area is 158 Å². The van der Waals surface area contributed by atoms with Gasteiger partial charge in [0.2, 0.25) is 5.91 Å². The van der Waals surface area contributed by atoms with Crippen molar-refractivity contribution in [1.82, 2.24) is 24.6 Å². The molecular formula is C19H25N5OS. The van der Waals surface area contributed by atoms with Crippen LogP contribution in [-0.2, 0) is 18.4 Å². The van der Waals surface area contributed by atoms with Crippen molar-refractivity contribution in [2.75, 3.05) is 12.0 Å². The van der Waals surface area contributed by atoms with Crippen LogP contribution >= 0.6 is 11.8 Å². The van der Waals surface area contributed by atoms with E-state index in [1.165, 1.54) is 0 Å². The molecule has 2 heterocycles. The second-order valence-electron chi connectivity index (χ2n) is 6.29. The number of fused-ring (bicyclic) bond motifs is 1. The SMILES string of the molecule is CSCC[C@@H](NC(=O)CCCn1cccn1)c1nc2ccccc2n1C. The van der Waals surface area contributed by atoms with Crippen LogP contribution in [-0.4, -0.2) is 37.2 Å². The summed E-state index contributed by atoms with van der Waals surface area (Å²) in [7, 11) is 2.01. The summed E-state index contributed by atoms with van der Waals surface area (Å²) in [5.41, 5.74) is 2.05. The molecule has 0 saturated carbocycles. The highest BCUT2D eigenvalue weighted by Gasteiger charge is 2.20. The van der Waals surface area contributed by atoms with Gasteiger partial charge in [0.25, 0.3) is 0 Å². The van der Waals surface area contributed by atoms with E-state index < -0.39 is 0 Å². The summed E-state index contributed by atoms with van der Waals surface area (Å²) >= 11 is 1.78. The second-order valence-corrected chi connectivity index (χ2v) is 7.28. The summed E-state index contributed by atoms with van der Waals surface area (Å²) in [5.74, 6) is 1.96. The Bertz CT molecular complexity index is 843. The van der Waals surface area contributed by atoms with Gasteiger partial charge in [-0.15, -0.1) is 0 Å². The molecule has 3 rings (SSSR count). The fourth-order valence-corrected chi connectivity index (χ4v) is 3.55. The van der Waals surface area contributed by atoms with Gasteiger partial charge in [0, 0.05) is 32.4 Å². The number of hydrogen-bond acceptors (Lipinski definition) is 4. The van der Waals surface area contributed by atoms with Gasteiger partial charge < -0.3 is 9.88 Å². The average Bonchev–Trinajstić information content (AvgIpc) is 3.27. The number of imidazole rings is 1. The van der Waals surface area contributed by atoms with Crippen molar-refractivity contribution in [2.45, 2.75) is 31.8 Å². The summed E-state index contributed by atoms with van der Waals surface area (Å²) in [6, 6.07) is 9.89. The van der Waals surface area contributed by atoms with Crippen molar-refractivity contribution in [1.29, 1.82) is 0 Å². The first kappa shape index (κ1) is 18.5. The van der Waals surface area contributed by atoms with E-state index in [0.717, 1.165) is 42.0 Å². The zero-order valence-electron chi connectivity index (χ0n) is 15.3. The van der Waals surface area contributed by atoms with Gasteiger partial charge in [-0.1, -0.05) is 12.1 Å². The van der Waals surface area contributed by atoms with E-state index in [9.17, 15) is 4.79 Å². The minimum absolute atomic E-state index is 0.0651. The molecule has 0 aliphatic carbocycles. The first-order chi connectivity index (χ1) is 12.7. The predicted octanol–water partition coefficient (Wildman–Crippen LogP) is 3.16. The number of thioether (sulfide) groups is 1. The van der Waals surface area contributed by atoms with E-state index in [1.807, 2.05) is 42.2 Å². The Morgan fingerprint density at radius 3 is 2.88 bits per heavy atom. The molecule has 1 amide bonds. The molecule has 0 radical (unpaired) electrons. The third-order valence-corrected chi connectivity index (χ3v) is 5.07. The van der Waals surface area contributed by atoms with Gasteiger partial charge in [-0.3, -0.25) is 9.48 Å². The molecule has 0 aliphatic rings. The quantitative estimate of drug-likeness (QED) is 0.627. The van der Waals surface area contributed by atoms with E-state index in [1.54, 1.807) is 18.0 Å². The van der Waals surface area contributed by atoms with E-state index in [4.69, 9.17) is 4.98 Å². The van der Waals surface area contributed by atoms with E-state index >= 15 is 0 Å². The third-order valence-electron chi connectivity index (χ3n) is 4.43. The number of amides is 1. The van der Waals surface area contributed by atoms with Gasteiger partial charge in [0.15, 0.2) is 0 Å². The highest BCUT2D eigenvalue weighted by atomic mass is 32.2. The van der Waals surface area contributed by atoms with Crippen molar-refractivity contribution >= 4 is 28.7 Å². The molecule has 0 saturated heterocycles. The van der Waals surface area contributed by atoms with Crippen molar-refractivity contribution in [3.8, 4) is 0 Å². The number of rotatable bonds is 9. The van der Waals surface area contributed by atoms with Crippen LogP contribution in [0.25, 0.3) is 11.0 Å². The van der Waals surface area contributed by atoms with E-state index in [0.29, 0.717) is 6.42 Å². The Morgan fingerprint density at radius 1 is 1.31 bits per heavy atom. The molecule has 1 N–H and O–H groups in total. The molecule has 26 heavy (non-hydrogen) atoms. The molecule has 3 aromatic rings. The number of aryl methyl sites for hydroxylation is 2. The highest BCUT2D eigenvalue weighted by Crippen LogP contribution is 2.23. The molecule has 0 unspecified atom stereocenters. The van der Waals surface area contributed by atoms with Crippen LogP contribution < -0.4 is 5.32 Å². The zero-order chi connectivity index (χ0) is 18.4.